The lowest BCUT2D eigenvalue weighted by Crippen LogP contribution is -2.50. The molecular formula is C26H46INO3Si. The summed E-state index contributed by atoms with van der Waals surface area (Å²) in [6.45, 7) is 16.5. The van der Waals surface area contributed by atoms with E-state index in [1.165, 1.54) is 25.7 Å². The fraction of sp³-hybridized carbons (Fsp3) is 0.731. The lowest BCUT2D eigenvalue weighted by molar-refractivity contribution is -0.121. The molecule has 0 heterocycles. The predicted octanol–water partition coefficient (Wildman–Crippen LogP) is 8.22. The molecule has 0 atom stereocenters. The van der Waals surface area contributed by atoms with Crippen molar-refractivity contribution in [1.82, 2.24) is 5.32 Å². The summed E-state index contributed by atoms with van der Waals surface area (Å²) < 4.78 is 13.7. The number of rotatable bonds is 15. The van der Waals surface area contributed by atoms with Crippen molar-refractivity contribution in [1.29, 1.82) is 0 Å². The SMILES string of the molecule is CCCCCCCCC(=O)NCc1cc(OC)c(O[Si](C(C)C)(C(C)C)C(C)C)cc1I. The van der Waals surface area contributed by atoms with Crippen LogP contribution in [-0.4, -0.2) is 21.3 Å². The van der Waals surface area contributed by atoms with Crippen LogP contribution >= 0.6 is 22.6 Å². The molecule has 1 rings (SSSR count). The fourth-order valence-electron chi connectivity index (χ4n) is 4.84. The van der Waals surface area contributed by atoms with Crippen LogP contribution in [0.3, 0.4) is 0 Å². The van der Waals surface area contributed by atoms with Gasteiger partial charge >= 0.3 is 0 Å². The average molecular weight is 576 g/mol. The lowest BCUT2D eigenvalue weighted by Gasteiger charge is -2.42. The minimum absolute atomic E-state index is 0.126. The van der Waals surface area contributed by atoms with E-state index in [-0.39, 0.29) is 5.91 Å². The second-order valence-corrected chi connectivity index (χ2v) is 16.3. The number of unbranched alkanes of at least 4 members (excludes halogenated alkanes) is 5. The summed E-state index contributed by atoms with van der Waals surface area (Å²) in [7, 11) is -0.379. The second kappa shape index (κ2) is 14.5. The van der Waals surface area contributed by atoms with Gasteiger partial charge in [-0.15, -0.1) is 0 Å². The van der Waals surface area contributed by atoms with Gasteiger partial charge in [-0.25, -0.2) is 0 Å². The highest BCUT2D eigenvalue weighted by Gasteiger charge is 2.47. The molecule has 4 nitrogen and oxygen atoms in total. The molecule has 1 amide bonds. The molecule has 1 N–H and O–H groups in total. The Labute approximate surface area is 211 Å². The first kappa shape index (κ1) is 29.3. The standard InChI is InChI=1S/C26H46INO3Si/c1-9-10-11-12-13-14-15-26(29)28-18-22-16-24(30-8)25(17-23(22)27)31-32(19(2)3,20(4)5)21(6)7/h16-17,19-21H,9-15,18H2,1-8H3,(H,28,29). The molecule has 0 aliphatic heterocycles. The number of halogens is 1. The molecule has 32 heavy (non-hydrogen) atoms. The van der Waals surface area contributed by atoms with Gasteiger partial charge in [0.15, 0.2) is 5.75 Å². The zero-order valence-electron chi connectivity index (χ0n) is 21.6. The third-order valence-corrected chi connectivity index (χ3v) is 13.6. The summed E-state index contributed by atoms with van der Waals surface area (Å²) in [6.07, 6.45) is 7.76. The van der Waals surface area contributed by atoms with Crippen molar-refractivity contribution in [3.63, 3.8) is 0 Å². The molecule has 0 saturated heterocycles. The quantitative estimate of drug-likeness (QED) is 0.130. The van der Waals surface area contributed by atoms with Gasteiger partial charge in [-0.05, 0) is 63.3 Å². The third kappa shape index (κ3) is 8.23. The first-order valence-electron chi connectivity index (χ1n) is 12.4. The summed E-state index contributed by atoms with van der Waals surface area (Å²) in [4.78, 5) is 12.3. The minimum atomic E-state index is -2.07. The molecule has 0 radical (unpaired) electrons. The second-order valence-electron chi connectivity index (χ2n) is 9.81. The molecule has 0 aliphatic rings. The zero-order valence-corrected chi connectivity index (χ0v) is 24.8. The maximum absolute atomic E-state index is 12.3. The van der Waals surface area contributed by atoms with Gasteiger partial charge in [-0.3, -0.25) is 4.79 Å². The summed E-state index contributed by atoms with van der Waals surface area (Å²) in [5.74, 6) is 1.72. The van der Waals surface area contributed by atoms with E-state index in [9.17, 15) is 4.79 Å². The van der Waals surface area contributed by atoms with E-state index in [2.05, 4.69) is 82.4 Å². The number of benzene rings is 1. The van der Waals surface area contributed by atoms with Crippen LogP contribution < -0.4 is 14.5 Å². The van der Waals surface area contributed by atoms with Gasteiger partial charge in [-0.1, -0.05) is 80.6 Å². The average Bonchev–Trinajstić information content (AvgIpc) is 2.72. The molecule has 0 unspecified atom stereocenters. The Morgan fingerprint density at radius 1 is 0.938 bits per heavy atom. The van der Waals surface area contributed by atoms with Crippen molar-refractivity contribution in [2.75, 3.05) is 7.11 Å². The Kier molecular flexibility index (Phi) is 13.3. The Balaban J connectivity index is 2.85. The normalized spacial score (nSPS) is 12.0. The van der Waals surface area contributed by atoms with Crippen LogP contribution in [0.5, 0.6) is 11.5 Å². The van der Waals surface area contributed by atoms with Crippen molar-refractivity contribution in [3.05, 3.63) is 21.3 Å². The van der Waals surface area contributed by atoms with Crippen molar-refractivity contribution < 1.29 is 14.0 Å². The molecule has 1 aromatic rings. The van der Waals surface area contributed by atoms with Crippen LogP contribution in [0.15, 0.2) is 12.1 Å². The van der Waals surface area contributed by atoms with E-state index in [0.29, 0.717) is 29.6 Å². The van der Waals surface area contributed by atoms with Gasteiger partial charge in [0.1, 0.15) is 5.75 Å². The Morgan fingerprint density at radius 3 is 2.03 bits per heavy atom. The topological polar surface area (TPSA) is 47.6 Å². The number of amides is 1. The lowest BCUT2D eigenvalue weighted by atomic mass is 10.1. The number of nitrogens with one attached hydrogen (secondary N) is 1. The molecule has 6 heteroatoms. The molecule has 0 bridgehead atoms. The molecular weight excluding hydrogens is 529 g/mol. The van der Waals surface area contributed by atoms with Crippen LogP contribution in [0.2, 0.25) is 16.6 Å². The van der Waals surface area contributed by atoms with E-state index in [4.69, 9.17) is 9.16 Å². The van der Waals surface area contributed by atoms with Crippen molar-refractivity contribution in [2.45, 2.75) is 117 Å². The zero-order chi connectivity index (χ0) is 24.3. The Hall–Kier alpha value is -0.763. The van der Waals surface area contributed by atoms with Gasteiger partial charge in [0, 0.05) is 16.5 Å². The number of carbonyl (C=O) groups is 1. The number of hydrogen-bond acceptors (Lipinski definition) is 3. The first-order chi connectivity index (χ1) is 15.1. The highest BCUT2D eigenvalue weighted by Crippen LogP contribution is 2.45. The highest BCUT2D eigenvalue weighted by atomic mass is 127. The number of carbonyl (C=O) groups excluding carboxylic acids is 1. The summed E-state index contributed by atoms with van der Waals surface area (Å²) in [5.41, 5.74) is 2.54. The Morgan fingerprint density at radius 2 is 1.50 bits per heavy atom. The first-order valence-corrected chi connectivity index (χ1v) is 15.6. The van der Waals surface area contributed by atoms with Crippen LogP contribution in [0, 0.1) is 3.57 Å². The van der Waals surface area contributed by atoms with Crippen LogP contribution in [0.25, 0.3) is 0 Å². The smallest absolute Gasteiger partial charge is 0.258 e. The van der Waals surface area contributed by atoms with Crippen molar-refractivity contribution in [2.24, 2.45) is 0 Å². The number of ether oxygens (including phenoxy) is 1. The van der Waals surface area contributed by atoms with Gasteiger partial charge in [0.05, 0.1) is 7.11 Å². The fourth-order valence-corrected chi connectivity index (χ4v) is 10.7. The molecule has 1 aromatic carbocycles. The van der Waals surface area contributed by atoms with Crippen molar-refractivity contribution >= 4 is 36.8 Å². The molecule has 0 fully saturated rings. The minimum Gasteiger partial charge on any atom is -0.540 e. The van der Waals surface area contributed by atoms with Crippen LogP contribution in [-0.2, 0) is 11.3 Å². The van der Waals surface area contributed by atoms with E-state index in [1.807, 2.05) is 6.07 Å². The van der Waals surface area contributed by atoms with Crippen molar-refractivity contribution in [3.8, 4) is 11.5 Å². The molecule has 0 aliphatic carbocycles. The monoisotopic (exact) mass is 575 g/mol. The van der Waals surface area contributed by atoms with E-state index < -0.39 is 8.32 Å². The third-order valence-electron chi connectivity index (χ3n) is 6.56. The summed E-state index contributed by atoms with van der Waals surface area (Å²) in [6, 6.07) is 4.12. The van der Waals surface area contributed by atoms with Gasteiger partial charge in [0.25, 0.3) is 8.32 Å². The van der Waals surface area contributed by atoms with Gasteiger partial charge in [0.2, 0.25) is 5.91 Å². The maximum atomic E-state index is 12.3. The van der Waals surface area contributed by atoms with E-state index in [1.54, 1.807) is 7.11 Å². The summed E-state index contributed by atoms with van der Waals surface area (Å²) in [5, 5.41) is 3.08. The number of methoxy groups -OCH3 is 1. The summed E-state index contributed by atoms with van der Waals surface area (Å²) >= 11 is 2.35. The molecule has 0 saturated carbocycles. The maximum Gasteiger partial charge on any atom is 0.258 e. The Bertz CT molecular complexity index is 685. The largest absolute Gasteiger partial charge is 0.540 e. The highest BCUT2D eigenvalue weighted by molar-refractivity contribution is 14.1. The molecule has 184 valence electrons. The molecule has 0 aromatic heterocycles. The number of hydrogen-bond donors (Lipinski definition) is 1. The van der Waals surface area contributed by atoms with E-state index in [0.717, 1.165) is 33.5 Å². The van der Waals surface area contributed by atoms with Crippen LogP contribution in [0.1, 0.15) is 99.0 Å². The van der Waals surface area contributed by atoms with Gasteiger partial charge in [-0.2, -0.15) is 0 Å². The molecule has 0 spiro atoms. The van der Waals surface area contributed by atoms with E-state index >= 15 is 0 Å². The predicted molar refractivity (Wildman–Crippen MR) is 147 cm³/mol. The van der Waals surface area contributed by atoms with Gasteiger partial charge < -0.3 is 14.5 Å². The van der Waals surface area contributed by atoms with Crippen LogP contribution in [0.4, 0.5) is 0 Å².